The van der Waals surface area contributed by atoms with Gasteiger partial charge in [0.2, 0.25) is 0 Å². The van der Waals surface area contributed by atoms with Crippen LogP contribution in [0.5, 0.6) is 0 Å². The third-order valence-corrected chi connectivity index (χ3v) is 3.52. The Labute approximate surface area is 110 Å². The number of aromatic nitrogens is 2. The standard InChI is InChI=1S/C16H24N2/c1-5-13(4)11-18-15-9-7-6-8-14(15)17-16(18)10-12(2)3/h6-9,12-13H,5,10-11H2,1-4H3. The molecule has 0 aliphatic rings. The van der Waals surface area contributed by atoms with Crippen LogP contribution in [-0.2, 0) is 13.0 Å². The molecule has 0 aliphatic heterocycles. The Hall–Kier alpha value is -1.31. The van der Waals surface area contributed by atoms with E-state index >= 15 is 0 Å². The van der Waals surface area contributed by atoms with E-state index in [4.69, 9.17) is 4.98 Å². The van der Waals surface area contributed by atoms with Gasteiger partial charge in [-0.2, -0.15) is 0 Å². The minimum Gasteiger partial charge on any atom is -0.328 e. The fourth-order valence-electron chi connectivity index (χ4n) is 2.29. The van der Waals surface area contributed by atoms with Crippen LogP contribution in [0.3, 0.4) is 0 Å². The molecule has 18 heavy (non-hydrogen) atoms. The van der Waals surface area contributed by atoms with Crippen molar-refractivity contribution in [3.8, 4) is 0 Å². The quantitative estimate of drug-likeness (QED) is 0.767. The molecule has 0 bridgehead atoms. The summed E-state index contributed by atoms with van der Waals surface area (Å²) in [5, 5.41) is 0. The SMILES string of the molecule is CCC(C)Cn1c(CC(C)C)nc2ccccc21. The van der Waals surface area contributed by atoms with Gasteiger partial charge in [-0.25, -0.2) is 4.98 Å². The lowest BCUT2D eigenvalue weighted by molar-refractivity contribution is 0.456. The van der Waals surface area contributed by atoms with E-state index in [0.29, 0.717) is 11.8 Å². The second-order valence-electron chi connectivity index (χ2n) is 5.74. The highest BCUT2D eigenvalue weighted by Gasteiger charge is 2.13. The molecule has 1 aromatic heterocycles. The largest absolute Gasteiger partial charge is 0.328 e. The predicted octanol–water partition coefficient (Wildman–Crippen LogP) is 4.28. The van der Waals surface area contributed by atoms with Crippen LogP contribution in [-0.4, -0.2) is 9.55 Å². The van der Waals surface area contributed by atoms with Gasteiger partial charge in [-0.1, -0.05) is 46.2 Å². The van der Waals surface area contributed by atoms with Crippen molar-refractivity contribution in [2.45, 2.75) is 47.1 Å². The molecule has 1 heterocycles. The van der Waals surface area contributed by atoms with Crippen LogP contribution >= 0.6 is 0 Å². The van der Waals surface area contributed by atoms with Gasteiger partial charge in [0.25, 0.3) is 0 Å². The third-order valence-electron chi connectivity index (χ3n) is 3.52. The highest BCUT2D eigenvalue weighted by molar-refractivity contribution is 5.75. The topological polar surface area (TPSA) is 17.8 Å². The Morgan fingerprint density at radius 2 is 1.89 bits per heavy atom. The van der Waals surface area contributed by atoms with Crippen molar-refractivity contribution in [2.24, 2.45) is 11.8 Å². The second-order valence-corrected chi connectivity index (χ2v) is 5.74. The molecule has 0 amide bonds. The van der Waals surface area contributed by atoms with Gasteiger partial charge in [0.15, 0.2) is 0 Å². The zero-order chi connectivity index (χ0) is 13.1. The van der Waals surface area contributed by atoms with Crippen LogP contribution in [0, 0.1) is 11.8 Å². The average molecular weight is 244 g/mol. The molecular formula is C16H24N2. The number of para-hydroxylation sites is 2. The van der Waals surface area contributed by atoms with Gasteiger partial charge < -0.3 is 4.57 Å². The Balaban J connectivity index is 2.43. The first kappa shape index (κ1) is 13.1. The normalized spacial score (nSPS) is 13.4. The maximum absolute atomic E-state index is 4.80. The van der Waals surface area contributed by atoms with Crippen molar-refractivity contribution in [3.05, 3.63) is 30.1 Å². The van der Waals surface area contributed by atoms with Crippen LogP contribution in [0.2, 0.25) is 0 Å². The monoisotopic (exact) mass is 244 g/mol. The molecule has 0 aliphatic carbocycles. The van der Waals surface area contributed by atoms with Gasteiger partial charge in [0.05, 0.1) is 11.0 Å². The van der Waals surface area contributed by atoms with E-state index in [-0.39, 0.29) is 0 Å². The Morgan fingerprint density at radius 1 is 1.17 bits per heavy atom. The fourth-order valence-corrected chi connectivity index (χ4v) is 2.29. The Morgan fingerprint density at radius 3 is 2.56 bits per heavy atom. The van der Waals surface area contributed by atoms with Crippen LogP contribution in [0.25, 0.3) is 11.0 Å². The predicted molar refractivity (Wildman–Crippen MR) is 77.7 cm³/mol. The molecule has 0 fully saturated rings. The summed E-state index contributed by atoms with van der Waals surface area (Å²) in [5.74, 6) is 2.59. The number of imidazole rings is 1. The zero-order valence-electron chi connectivity index (χ0n) is 12.0. The van der Waals surface area contributed by atoms with Gasteiger partial charge in [-0.3, -0.25) is 0 Å². The molecule has 1 atom stereocenters. The van der Waals surface area contributed by atoms with E-state index in [1.807, 2.05) is 0 Å². The van der Waals surface area contributed by atoms with Crippen LogP contribution in [0.4, 0.5) is 0 Å². The van der Waals surface area contributed by atoms with Gasteiger partial charge in [-0.05, 0) is 24.0 Å². The minimum atomic E-state index is 0.650. The Kier molecular flexibility index (Phi) is 4.05. The molecule has 2 heteroatoms. The van der Waals surface area contributed by atoms with Crippen molar-refractivity contribution < 1.29 is 0 Å². The summed E-state index contributed by atoms with van der Waals surface area (Å²) in [4.78, 5) is 4.80. The maximum Gasteiger partial charge on any atom is 0.110 e. The van der Waals surface area contributed by atoms with Crippen molar-refractivity contribution in [2.75, 3.05) is 0 Å². The van der Waals surface area contributed by atoms with Crippen molar-refractivity contribution in [1.82, 2.24) is 9.55 Å². The minimum absolute atomic E-state index is 0.650. The summed E-state index contributed by atoms with van der Waals surface area (Å²) in [6.07, 6.45) is 2.28. The molecule has 2 nitrogen and oxygen atoms in total. The Bertz CT molecular complexity index is 511. The summed E-state index contributed by atoms with van der Waals surface area (Å²) in [7, 11) is 0. The van der Waals surface area contributed by atoms with Gasteiger partial charge >= 0.3 is 0 Å². The van der Waals surface area contributed by atoms with E-state index in [0.717, 1.165) is 18.5 Å². The lowest BCUT2D eigenvalue weighted by atomic mass is 10.1. The summed E-state index contributed by atoms with van der Waals surface area (Å²) < 4.78 is 2.42. The first-order valence-corrected chi connectivity index (χ1v) is 7.06. The molecule has 1 unspecified atom stereocenters. The van der Waals surface area contributed by atoms with E-state index < -0.39 is 0 Å². The number of benzene rings is 1. The van der Waals surface area contributed by atoms with E-state index in [1.54, 1.807) is 0 Å². The van der Waals surface area contributed by atoms with E-state index in [2.05, 4.69) is 56.5 Å². The highest BCUT2D eigenvalue weighted by atomic mass is 15.1. The first-order chi connectivity index (χ1) is 8.61. The van der Waals surface area contributed by atoms with Gasteiger partial charge in [0, 0.05) is 13.0 Å². The van der Waals surface area contributed by atoms with Crippen LogP contribution in [0.15, 0.2) is 24.3 Å². The molecule has 0 N–H and O–H groups in total. The number of hydrogen-bond acceptors (Lipinski definition) is 1. The fraction of sp³-hybridized carbons (Fsp3) is 0.562. The first-order valence-electron chi connectivity index (χ1n) is 7.06. The zero-order valence-corrected chi connectivity index (χ0v) is 12.0. The molecule has 0 saturated carbocycles. The van der Waals surface area contributed by atoms with Crippen molar-refractivity contribution in [1.29, 1.82) is 0 Å². The molecule has 0 radical (unpaired) electrons. The lowest BCUT2D eigenvalue weighted by Crippen LogP contribution is -2.11. The van der Waals surface area contributed by atoms with E-state index in [9.17, 15) is 0 Å². The number of nitrogens with zero attached hydrogens (tertiary/aromatic N) is 2. The highest BCUT2D eigenvalue weighted by Crippen LogP contribution is 2.20. The molecule has 0 saturated heterocycles. The van der Waals surface area contributed by atoms with Crippen LogP contribution in [0.1, 0.15) is 39.9 Å². The summed E-state index contributed by atoms with van der Waals surface area (Å²) in [6.45, 7) is 10.2. The van der Waals surface area contributed by atoms with E-state index in [1.165, 1.54) is 17.8 Å². The molecule has 98 valence electrons. The number of hydrogen-bond donors (Lipinski definition) is 0. The molecule has 0 spiro atoms. The summed E-state index contributed by atoms with van der Waals surface area (Å²) in [5.41, 5.74) is 2.42. The third kappa shape index (κ3) is 2.74. The number of fused-ring (bicyclic) bond motifs is 1. The second kappa shape index (κ2) is 5.55. The van der Waals surface area contributed by atoms with Crippen molar-refractivity contribution in [3.63, 3.8) is 0 Å². The molecular weight excluding hydrogens is 220 g/mol. The molecule has 2 aromatic rings. The molecule has 1 aromatic carbocycles. The maximum atomic E-state index is 4.80. The lowest BCUT2D eigenvalue weighted by Gasteiger charge is -2.14. The average Bonchev–Trinajstić information content (AvgIpc) is 2.66. The van der Waals surface area contributed by atoms with Crippen LogP contribution < -0.4 is 0 Å². The van der Waals surface area contributed by atoms with Gasteiger partial charge in [0.1, 0.15) is 5.82 Å². The summed E-state index contributed by atoms with van der Waals surface area (Å²) >= 11 is 0. The van der Waals surface area contributed by atoms with Crippen molar-refractivity contribution >= 4 is 11.0 Å². The van der Waals surface area contributed by atoms with Gasteiger partial charge in [-0.15, -0.1) is 0 Å². The summed E-state index contributed by atoms with van der Waals surface area (Å²) in [6, 6.07) is 8.49. The number of rotatable bonds is 5. The molecule has 2 rings (SSSR count). The smallest absolute Gasteiger partial charge is 0.110 e.